The molecule has 5 rings (SSSR count). The van der Waals surface area contributed by atoms with E-state index >= 15 is 0 Å². The maximum Gasteiger partial charge on any atom is 0.223 e. The molecule has 0 saturated heterocycles. The molecule has 0 aliphatic carbocycles. The number of hydrogen-bond donors (Lipinski definition) is 1. The molecule has 0 fully saturated rings. The second kappa shape index (κ2) is 9.14. The molecule has 1 atom stereocenters. The zero-order valence-corrected chi connectivity index (χ0v) is 19.3. The summed E-state index contributed by atoms with van der Waals surface area (Å²) >= 11 is 0. The van der Waals surface area contributed by atoms with E-state index in [1.165, 1.54) is 33.2 Å². The number of ether oxygens (including phenoxy) is 1. The van der Waals surface area contributed by atoms with Crippen molar-refractivity contribution >= 4 is 16.8 Å². The number of rotatable bonds is 6. The Bertz CT molecular complexity index is 1290. The Morgan fingerprint density at radius 3 is 2.70 bits per heavy atom. The van der Waals surface area contributed by atoms with Gasteiger partial charge in [-0.3, -0.25) is 4.79 Å². The molecule has 1 N–H and O–H groups in total. The van der Waals surface area contributed by atoms with Gasteiger partial charge < -0.3 is 14.6 Å². The summed E-state index contributed by atoms with van der Waals surface area (Å²) in [6, 6.07) is 23.0. The van der Waals surface area contributed by atoms with Crippen LogP contribution >= 0.6 is 0 Å². The number of fused-ring (bicyclic) bond motifs is 2. The fourth-order valence-corrected chi connectivity index (χ4v) is 5.10. The Hall–Kier alpha value is -3.53. The summed E-state index contributed by atoms with van der Waals surface area (Å²) < 4.78 is 5.50. The number of carbonyl (C=O) groups is 1. The van der Waals surface area contributed by atoms with Crippen LogP contribution in [0.2, 0.25) is 0 Å². The average molecular weight is 439 g/mol. The van der Waals surface area contributed by atoms with Gasteiger partial charge in [0.25, 0.3) is 0 Å². The number of para-hydroxylation sites is 1. The number of methoxy groups -OCH3 is 1. The highest BCUT2D eigenvalue weighted by atomic mass is 16.5. The Labute approximate surface area is 195 Å². The third-order valence-electron chi connectivity index (χ3n) is 6.95. The fourth-order valence-electron chi connectivity index (χ4n) is 5.10. The molecule has 1 aromatic heterocycles. The highest BCUT2D eigenvalue weighted by Crippen LogP contribution is 2.36. The van der Waals surface area contributed by atoms with Crippen molar-refractivity contribution < 1.29 is 9.53 Å². The first kappa shape index (κ1) is 21.3. The molecule has 1 aliphatic heterocycles. The maximum absolute atomic E-state index is 13.6. The van der Waals surface area contributed by atoms with Gasteiger partial charge in [-0.25, -0.2) is 0 Å². The van der Waals surface area contributed by atoms with Gasteiger partial charge in [-0.1, -0.05) is 61.5 Å². The molecule has 1 aliphatic rings. The van der Waals surface area contributed by atoms with Gasteiger partial charge in [0.05, 0.1) is 7.11 Å². The Morgan fingerprint density at radius 1 is 1.06 bits per heavy atom. The lowest BCUT2D eigenvalue weighted by molar-refractivity contribution is -0.132. The molecule has 1 unspecified atom stereocenters. The number of carbonyl (C=O) groups excluding carboxylic acids is 1. The predicted octanol–water partition coefficient (Wildman–Crippen LogP) is 5.85. The van der Waals surface area contributed by atoms with Crippen LogP contribution in [0.1, 0.15) is 47.1 Å². The number of amides is 1. The number of nitrogens with zero attached hydrogens (tertiary/aromatic N) is 1. The van der Waals surface area contributed by atoms with Crippen LogP contribution in [0.15, 0.2) is 72.9 Å². The molecule has 0 saturated carbocycles. The number of aromatic nitrogens is 1. The summed E-state index contributed by atoms with van der Waals surface area (Å²) in [5, 5.41) is 1.19. The van der Waals surface area contributed by atoms with E-state index in [2.05, 4.69) is 72.7 Å². The van der Waals surface area contributed by atoms with Crippen LogP contribution in [0.4, 0.5) is 0 Å². The summed E-state index contributed by atoms with van der Waals surface area (Å²) in [6.45, 7) is 3.63. The van der Waals surface area contributed by atoms with Crippen molar-refractivity contribution in [2.75, 3.05) is 13.7 Å². The van der Waals surface area contributed by atoms with Gasteiger partial charge in [-0.15, -0.1) is 0 Å². The monoisotopic (exact) mass is 438 g/mol. The molecule has 4 aromatic rings. The average Bonchev–Trinajstić information content (AvgIpc) is 3.31. The van der Waals surface area contributed by atoms with E-state index in [1.807, 2.05) is 17.0 Å². The van der Waals surface area contributed by atoms with Crippen LogP contribution in [0.25, 0.3) is 10.9 Å². The normalized spacial score (nSPS) is 14.2. The van der Waals surface area contributed by atoms with Gasteiger partial charge in [0.2, 0.25) is 5.91 Å². The highest BCUT2D eigenvalue weighted by Gasteiger charge is 2.27. The minimum atomic E-state index is -0.0503. The van der Waals surface area contributed by atoms with Crippen molar-refractivity contribution in [3.8, 4) is 5.75 Å². The number of aryl methyl sites for hydroxylation is 1. The van der Waals surface area contributed by atoms with Crippen LogP contribution in [0.3, 0.4) is 0 Å². The quantitative estimate of drug-likeness (QED) is 0.411. The third-order valence-corrected chi connectivity index (χ3v) is 6.95. The molecule has 0 bridgehead atoms. The molecule has 2 heterocycles. The number of aromatic amines is 1. The number of hydrogen-bond acceptors (Lipinski definition) is 2. The van der Waals surface area contributed by atoms with Crippen LogP contribution < -0.4 is 4.74 Å². The molecule has 0 spiro atoms. The zero-order valence-electron chi connectivity index (χ0n) is 19.3. The summed E-state index contributed by atoms with van der Waals surface area (Å²) in [7, 11) is 1.68. The van der Waals surface area contributed by atoms with Gasteiger partial charge in [0, 0.05) is 42.5 Å². The van der Waals surface area contributed by atoms with Crippen molar-refractivity contribution in [2.24, 2.45) is 0 Å². The number of benzene rings is 3. The smallest absolute Gasteiger partial charge is 0.223 e. The van der Waals surface area contributed by atoms with Crippen LogP contribution in [0.5, 0.6) is 5.75 Å². The van der Waals surface area contributed by atoms with Crippen molar-refractivity contribution in [3.63, 3.8) is 0 Å². The molecule has 4 nitrogen and oxygen atoms in total. The topological polar surface area (TPSA) is 45.3 Å². The van der Waals surface area contributed by atoms with E-state index < -0.39 is 0 Å². The Balaban J connectivity index is 1.51. The van der Waals surface area contributed by atoms with E-state index in [4.69, 9.17) is 4.74 Å². The molecule has 1 amide bonds. The third kappa shape index (κ3) is 4.13. The molecule has 4 heteroatoms. The minimum absolute atomic E-state index is 0.0503. The van der Waals surface area contributed by atoms with Gasteiger partial charge in [-0.2, -0.15) is 0 Å². The second-order valence-corrected chi connectivity index (χ2v) is 8.80. The van der Waals surface area contributed by atoms with Crippen LogP contribution in [0, 0.1) is 0 Å². The predicted molar refractivity (Wildman–Crippen MR) is 133 cm³/mol. The first-order valence-electron chi connectivity index (χ1n) is 11.7. The standard InChI is InChI=1S/C29H30N2O2/c1-3-20-10-7-13-25-27(18-30-29(20)25)26(22-11-6-12-24(16-22)33-2)17-28(32)31-15-14-21-8-4-5-9-23(21)19-31/h4-13,16,18,26,30H,3,14-15,17,19H2,1-2H3. The fraction of sp³-hybridized carbons (Fsp3) is 0.276. The molecular weight excluding hydrogens is 408 g/mol. The molecule has 33 heavy (non-hydrogen) atoms. The van der Waals surface area contributed by atoms with E-state index in [0.29, 0.717) is 13.0 Å². The van der Waals surface area contributed by atoms with E-state index in [9.17, 15) is 4.79 Å². The lowest BCUT2D eigenvalue weighted by Gasteiger charge is -2.30. The lowest BCUT2D eigenvalue weighted by atomic mass is 9.87. The maximum atomic E-state index is 13.6. The number of nitrogens with one attached hydrogen (secondary N) is 1. The van der Waals surface area contributed by atoms with E-state index in [-0.39, 0.29) is 11.8 Å². The van der Waals surface area contributed by atoms with E-state index in [1.54, 1.807) is 7.11 Å². The van der Waals surface area contributed by atoms with Crippen LogP contribution in [-0.2, 0) is 24.2 Å². The molecule has 3 aromatic carbocycles. The van der Waals surface area contributed by atoms with Gasteiger partial charge in [-0.05, 0) is 52.8 Å². The summed E-state index contributed by atoms with van der Waals surface area (Å²) in [5.74, 6) is 0.954. The van der Waals surface area contributed by atoms with Crippen LogP contribution in [-0.4, -0.2) is 29.4 Å². The molecular formula is C29H30N2O2. The first-order valence-corrected chi connectivity index (χ1v) is 11.7. The van der Waals surface area contributed by atoms with Crippen molar-refractivity contribution in [1.29, 1.82) is 0 Å². The highest BCUT2D eigenvalue weighted by molar-refractivity contribution is 5.88. The zero-order chi connectivity index (χ0) is 22.8. The van der Waals surface area contributed by atoms with E-state index in [0.717, 1.165) is 30.7 Å². The first-order chi connectivity index (χ1) is 16.2. The minimum Gasteiger partial charge on any atom is -0.497 e. The number of H-pyrrole nitrogens is 1. The van der Waals surface area contributed by atoms with Crippen molar-refractivity contribution in [3.05, 3.63) is 101 Å². The second-order valence-electron chi connectivity index (χ2n) is 8.80. The van der Waals surface area contributed by atoms with Gasteiger partial charge in [0.15, 0.2) is 0 Å². The van der Waals surface area contributed by atoms with Crippen molar-refractivity contribution in [2.45, 2.75) is 38.6 Å². The van der Waals surface area contributed by atoms with Crippen molar-refractivity contribution in [1.82, 2.24) is 9.88 Å². The lowest BCUT2D eigenvalue weighted by Crippen LogP contribution is -2.36. The largest absolute Gasteiger partial charge is 0.497 e. The molecule has 0 radical (unpaired) electrons. The summed E-state index contributed by atoms with van der Waals surface area (Å²) in [4.78, 5) is 19.1. The van der Waals surface area contributed by atoms with Gasteiger partial charge in [0.1, 0.15) is 5.75 Å². The Kier molecular flexibility index (Phi) is 5.91. The molecule has 168 valence electrons. The summed E-state index contributed by atoms with van der Waals surface area (Å²) in [5.41, 5.74) is 7.34. The van der Waals surface area contributed by atoms with Gasteiger partial charge >= 0.3 is 0 Å². The summed E-state index contributed by atoms with van der Waals surface area (Å²) in [6.07, 6.45) is 4.40. The Morgan fingerprint density at radius 2 is 1.88 bits per heavy atom. The SMILES string of the molecule is CCc1cccc2c(C(CC(=O)N3CCc4ccccc4C3)c3cccc(OC)c3)c[nH]c12.